The molecule has 30 heavy (non-hydrogen) atoms. The van der Waals surface area contributed by atoms with Crippen LogP contribution in [-0.2, 0) is 12.8 Å². The second-order valence-corrected chi connectivity index (χ2v) is 8.32. The van der Waals surface area contributed by atoms with Crippen LogP contribution in [0.4, 0.5) is 10.5 Å². The van der Waals surface area contributed by atoms with Gasteiger partial charge in [-0.2, -0.15) is 0 Å². The van der Waals surface area contributed by atoms with Crippen LogP contribution in [0.1, 0.15) is 36.8 Å². The molecule has 0 aromatic heterocycles. The second kappa shape index (κ2) is 10.5. The predicted octanol–water partition coefficient (Wildman–Crippen LogP) is 4.57. The van der Waals surface area contributed by atoms with Crippen LogP contribution in [0.15, 0.2) is 48.5 Å². The van der Waals surface area contributed by atoms with Gasteiger partial charge in [0.25, 0.3) is 0 Å². The number of fused-ring (bicyclic) bond motifs is 1. The highest BCUT2D eigenvalue weighted by Gasteiger charge is 2.19. The Morgan fingerprint density at radius 3 is 2.47 bits per heavy atom. The van der Waals surface area contributed by atoms with Gasteiger partial charge in [0.2, 0.25) is 0 Å². The molecular weight excluding hydrogens is 374 g/mol. The van der Waals surface area contributed by atoms with E-state index in [1.165, 1.54) is 43.5 Å². The number of urea groups is 1. The summed E-state index contributed by atoms with van der Waals surface area (Å²) in [6.45, 7) is 5.85. The summed E-state index contributed by atoms with van der Waals surface area (Å²) < 4.78 is 6.04. The van der Waals surface area contributed by atoms with Crippen LogP contribution < -0.4 is 10.1 Å². The number of anilines is 1. The summed E-state index contributed by atoms with van der Waals surface area (Å²) in [5, 5.41) is 3.00. The van der Waals surface area contributed by atoms with Gasteiger partial charge in [0, 0.05) is 25.3 Å². The number of carbonyl (C=O) groups excluding carboxylic acids is 1. The third kappa shape index (κ3) is 5.76. The van der Waals surface area contributed by atoms with Crippen molar-refractivity contribution in [3.8, 4) is 5.75 Å². The zero-order valence-corrected chi connectivity index (χ0v) is 17.8. The number of likely N-dealkylation sites (tertiary alicyclic amines) is 1. The highest BCUT2D eigenvalue weighted by atomic mass is 16.5. The Morgan fingerprint density at radius 2 is 1.67 bits per heavy atom. The first kappa shape index (κ1) is 20.7. The van der Waals surface area contributed by atoms with E-state index in [-0.39, 0.29) is 6.03 Å². The lowest BCUT2D eigenvalue weighted by molar-refractivity contribution is 0.205. The molecular formula is C25H33N3O2. The highest BCUT2D eigenvalue weighted by molar-refractivity contribution is 5.89. The third-order valence-corrected chi connectivity index (χ3v) is 6.13. The minimum Gasteiger partial charge on any atom is -0.494 e. The standard InChI is InChI=1S/C25H33N3O2/c29-25(26-23-8-3-1-4-9-23)28-17-12-21-10-11-24(20-22(21)13-18-28)30-19-7-16-27-14-5-2-6-15-27/h1,3-4,8-11,20H,2,5-7,12-19H2,(H,26,29). The Kier molecular flexibility index (Phi) is 7.25. The number of nitrogens with zero attached hydrogens (tertiary/aromatic N) is 2. The first-order valence-electron chi connectivity index (χ1n) is 11.4. The summed E-state index contributed by atoms with van der Waals surface area (Å²) in [5.41, 5.74) is 3.47. The molecule has 0 spiro atoms. The van der Waals surface area contributed by atoms with E-state index in [0.29, 0.717) is 0 Å². The smallest absolute Gasteiger partial charge is 0.321 e. The van der Waals surface area contributed by atoms with Crippen molar-refractivity contribution in [3.05, 3.63) is 59.7 Å². The fourth-order valence-electron chi connectivity index (χ4n) is 4.38. The summed E-state index contributed by atoms with van der Waals surface area (Å²) in [4.78, 5) is 17.1. The summed E-state index contributed by atoms with van der Waals surface area (Å²) in [6, 6.07) is 16.1. The Bertz CT molecular complexity index is 818. The highest BCUT2D eigenvalue weighted by Crippen LogP contribution is 2.22. The molecule has 2 amide bonds. The summed E-state index contributed by atoms with van der Waals surface area (Å²) in [7, 11) is 0. The van der Waals surface area contributed by atoms with E-state index in [1.807, 2.05) is 35.2 Å². The van der Waals surface area contributed by atoms with Crippen LogP contribution in [0, 0.1) is 0 Å². The van der Waals surface area contributed by atoms with Crippen molar-refractivity contribution in [1.82, 2.24) is 9.80 Å². The van der Waals surface area contributed by atoms with Gasteiger partial charge in [0.05, 0.1) is 6.61 Å². The number of amides is 2. The predicted molar refractivity (Wildman–Crippen MR) is 121 cm³/mol. The van der Waals surface area contributed by atoms with Gasteiger partial charge in [-0.25, -0.2) is 4.79 Å². The van der Waals surface area contributed by atoms with Gasteiger partial charge in [0.1, 0.15) is 5.75 Å². The quantitative estimate of drug-likeness (QED) is 0.713. The molecule has 4 rings (SSSR count). The molecule has 2 aliphatic rings. The molecule has 5 heteroatoms. The fraction of sp³-hybridized carbons (Fsp3) is 0.480. The number of ether oxygens (including phenoxy) is 1. The van der Waals surface area contributed by atoms with Crippen LogP contribution in [0.3, 0.4) is 0 Å². The van der Waals surface area contributed by atoms with Crippen LogP contribution in [-0.4, -0.2) is 55.2 Å². The molecule has 1 saturated heterocycles. The molecule has 2 heterocycles. The molecule has 2 aliphatic heterocycles. The van der Waals surface area contributed by atoms with Gasteiger partial charge in [-0.15, -0.1) is 0 Å². The summed E-state index contributed by atoms with van der Waals surface area (Å²) >= 11 is 0. The zero-order valence-electron chi connectivity index (χ0n) is 17.8. The first-order valence-corrected chi connectivity index (χ1v) is 11.4. The lowest BCUT2D eigenvalue weighted by Gasteiger charge is -2.26. The van der Waals surface area contributed by atoms with Crippen molar-refractivity contribution < 1.29 is 9.53 Å². The van der Waals surface area contributed by atoms with E-state index in [4.69, 9.17) is 4.74 Å². The number of hydrogen-bond donors (Lipinski definition) is 1. The molecule has 1 fully saturated rings. The average molecular weight is 408 g/mol. The number of rotatable bonds is 6. The molecule has 2 aromatic carbocycles. The largest absolute Gasteiger partial charge is 0.494 e. The monoisotopic (exact) mass is 407 g/mol. The number of para-hydroxylation sites is 1. The number of benzene rings is 2. The van der Waals surface area contributed by atoms with Gasteiger partial charge in [0.15, 0.2) is 0 Å². The minimum atomic E-state index is -0.0248. The normalized spacial score (nSPS) is 17.1. The zero-order chi connectivity index (χ0) is 20.6. The fourth-order valence-corrected chi connectivity index (χ4v) is 4.38. The Morgan fingerprint density at radius 1 is 0.900 bits per heavy atom. The topological polar surface area (TPSA) is 44.8 Å². The van der Waals surface area contributed by atoms with E-state index in [0.717, 1.165) is 56.9 Å². The van der Waals surface area contributed by atoms with E-state index in [1.54, 1.807) is 0 Å². The SMILES string of the molecule is O=C(Nc1ccccc1)N1CCc2ccc(OCCCN3CCCCC3)cc2CC1. The van der Waals surface area contributed by atoms with E-state index in [2.05, 4.69) is 28.4 Å². The molecule has 160 valence electrons. The van der Waals surface area contributed by atoms with Gasteiger partial charge in [-0.3, -0.25) is 0 Å². The lowest BCUT2D eigenvalue weighted by atomic mass is 10.0. The maximum absolute atomic E-state index is 12.6. The number of hydrogen-bond acceptors (Lipinski definition) is 3. The molecule has 1 N–H and O–H groups in total. The van der Waals surface area contributed by atoms with E-state index < -0.39 is 0 Å². The van der Waals surface area contributed by atoms with Crippen molar-refractivity contribution >= 4 is 11.7 Å². The van der Waals surface area contributed by atoms with Crippen molar-refractivity contribution in [2.45, 2.75) is 38.5 Å². The first-order chi connectivity index (χ1) is 14.8. The average Bonchev–Trinajstić information content (AvgIpc) is 3.00. The van der Waals surface area contributed by atoms with Gasteiger partial charge < -0.3 is 19.9 Å². The van der Waals surface area contributed by atoms with Crippen LogP contribution in [0.25, 0.3) is 0 Å². The Hall–Kier alpha value is -2.53. The maximum atomic E-state index is 12.6. The van der Waals surface area contributed by atoms with Crippen molar-refractivity contribution in [2.24, 2.45) is 0 Å². The number of piperidine rings is 1. The Labute approximate surface area is 180 Å². The molecule has 5 nitrogen and oxygen atoms in total. The van der Waals surface area contributed by atoms with Gasteiger partial charge in [-0.1, -0.05) is 30.7 Å². The van der Waals surface area contributed by atoms with Crippen molar-refractivity contribution in [3.63, 3.8) is 0 Å². The van der Waals surface area contributed by atoms with Gasteiger partial charge >= 0.3 is 6.03 Å². The molecule has 0 saturated carbocycles. The van der Waals surface area contributed by atoms with Crippen molar-refractivity contribution in [2.75, 3.05) is 44.6 Å². The van der Waals surface area contributed by atoms with Crippen LogP contribution >= 0.6 is 0 Å². The third-order valence-electron chi connectivity index (χ3n) is 6.13. The van der Waals surface area contributed by atoms with Crippen LogP contribution in [0.5, 0.6) is 5.75 Å². The van der Waals surface area contributed by atoms with E-state index >= 15 is 0 Å². The van der Waals surface area contributed by atoms with Crippen LogP contribution in [0.2, 0.25) is 0 Å². The second-order valence-electron chi connectivity index (χ2n) is 8.32. The molecule has 0 radical (unpaired) electrons. The molecule has 0 atom stereocenters. The lowest BCUT2D eigenvalue weighted by Crippen LogP contribution is -2.36. The molecule has 0 unspecified atom stereocenters. The molecule has 0 aliphatic carbocycles. The maximum Gasteiger partial charge on any atom is 0.321 e. The van der Waals surface area contributed by atoms with E-state index in [9.17, 15) is 4.79 Å². The van der Waals surface area contributed by atoms with Gasteiger partial charge in [-0.05, 0) is 80.6 Å². The number of nitrogens with one attached hydrogen (secondary N) is 1. The summed E-state index contributed by atoms with van der Waals surface area (Å²) in [6.07, 6.45) is 6.88. The summed E-state index contributed by atoms with van der Waals surface area (Å²) in [5.74, 6) is 0.953. The van der Waals surface area contributed by atoms with Crippen molar-refractivity contribution in [1.29, 1.82) is 0 Å². The molecule has 2 aromatic rings. The molecule has 0 bridgehead atoms. The minimum absolute atomic E-state index is 0.0248. The Balaban J connectivity index is 1.25. The number of carbonyl (C=O) groups is 1.